The van der Waals surface area contributed by atoms with Gasteiger partial charge in [0.25, 0.3) is 0 Å². The molecule has 6 heteroatoms. The molecule has 0 fully saturated rings. The van der Waals surface area contributed by atoms with Gasteiger partial charge in [-0.3, -0.25) is 4.79 Å². The number of nitrogens with zero attached hydrogens (tertiary/aromatic N) is 1. The molecule has 0 aromatic heterocycles. The number of ketones is 1. The zero-order valence-corrected chi connectivity index (χ0v) is 14.7. The number of aromatic hydroxyl groups is 1. The molecule has 0 amide bonds. The van der Waals surface area contributed by atoms with Gasteiger partial charge < -0.3 is 5.11 Å². The fourth-order valence-electron chi connectivity index (χ4n) is 1.29. The van der Waals surface area contributed by atoms with Crippen LogP contribution in [0.2, 0.25) is 0 Å². The average molecular weight is 380 g/mol. The third kappa shape index (κ3) is 3.90. The number of carbonyl (C=O) groups is 1. The summed E-state index contributed by atoms with van der Waals surface area (Å²) in [5.41, 5.74) is 1.37. The number of halogens is 2. The average Bonchev–Trinajstić information content (AvgIpc) is 2.29. The van der Waals surface area contributed by atoms with Crippen molar-refractivity contribution in [3.8, 4) is 5.75 Å². The van der Waals surface area contributed by atoms with Crippen molar-refractivity contribution >= 4 is 78.6 Å². The van der Waals surface area contributed by atoms with Gasteiger partial charge in [0.05, 0.1) is 20.3 Å². The maximum absolute atomic E-state index is 10.9. The van der Waals surface area contributed by atoms with E-state index < -0.39 is 0 Å². The Morgan fingerprint density at radius 3 is 2.00 bits per heavy atom. The van der Waals surface area contributed by atoms with E-state index in [4.69, 9.17) is 0 Å². The van der Waals surface area contributed by atoms with Crippen LogP contribution in [-0.4, -0.2) is 46.2 Å². The summed E-state index contributed by atoms with van der Waals surface area (Å²) in [5.74, 6) is 0.0934. The molecule has 0 spiro atoms. The van der Waals surface area contributed by atoms with E-state index in [1.54, 1.807) is 24.3 Å². The Kier molecular flexibility index (Phi) is 6.01. The van der Waals surface area contributed by atoms with Crippen LogP contribution in [0.15, 0.2) is 50.4 Å². The maximum Gasteiger partial charge on any atom is 0.178 e. The molecule has 1 aliphatic carbocycles. The van der Waals surface area contributed by atoms with Crippen LogP contribution in [0.3, 0.4) is 0 Å². The third-order valence-corrected chi connectivity index (χ3v) is 3.31. The zero-order chi connectivity index (χ0) is 12.4. The first kappa shape index (κ1) is 15.9. The molecule has 0 saturated heterocycles. The summed E-state index contributed by atoms with van der Waals surface area (Å²) in [6, 6.07) is 3.40. The van der Waals surface area contributed by atoms with Gasteiger partial charge in [-0.05, 0) is 68.3 Å². The third-order valence-electron chi connectivity index (χ3n) is 2.10. The molecule has 0 aliphatic heterocycles. The van der Waals surface area contributed by atoms with E-state index in [0.29, 0.717) is 20.3 Å². The van der Waals surface area contributed by atoms with E-state index in [0.717, 1.165) is 0 Å². The summed E-state index contributed by atoms with van der Waals surface area (Å²) in [6.07, 6.45) is 6.22. The monoisotopic (exact) mass is 378 g/mol. The number of hydrogen-bond donors (Lipinski definition) is 1. The van der Waals surface area contributed by atoms with Gasteiger partial charge in [0.1, 0.15) is 5.75 Å². The molecule has 1 aromatic rings. The molecule has 18 heavy (non-hydrogen) atoms. The standard InChI is InChI=1S/C12H7Br2NO2.Na/c13-10-5-8(6-11(14)12(10)17)15-7-1-3-9(16)4-2-7;/h1-6,17H;. The molecule has 87 valence electrons. The molecule has 1 N–H and O–H groups in total. The Labute approximate surface area is 143 Å². The fourth-order valence-corrected chi connectivity index (χ4v) is 2.45. The fraction of sp³-hybridized carbons (Fsp3) is 0. The normalized spacial score (nSPS) is 13.4. The second-order valence-electron chi connectivity index (χ2n) is 3.36. The maximum atomic E-state index is 10.9. The molecule has 0 unspecified atom stereocenters. The van der Waals surface area contributed by atoms with Gasteiger partial charge in [0.2, 0.25) is 0 Å². The number of benzene rings is 1. The molecular weight excluding hydrogens is 373 g/mol. The van der Waals surface area contributed by atoms with Crippen LogP contribution in [0.1, 0.15) is 0 Å². The van der Waals surface area contributed by atoms with Crippen LogP contribution in [0.4, 0.5) is 5.69 Å². The smallest absolute Gasteiger partial charge is 0.178 e. The van der Waals surface area contributed by atoms with Crippen molar-refractivity contribution < 1.29 is 9.90 Å². The second-order valence-corrected chi connectivity index (χ2v) is 5.07. The van der Waals surface area contributed by atoms with Crippen molar-refractivity contribution in [3.05, 3.63) is 45.4 Å². The van der Waals surface area contributed by atoms with Gasteiger partial charge in [-0.15, -0.1) is 0 Å². The topological polar surface area (TPSA) is 49.7 Å². The summed E-state index contributed by atoms with van der Waals surface area (Å²) in [4.78, 5) is 15.3. The minimum atomic E-state index is -0.0444. The molecule has 3 nitrogen and oxygen atoms in total. The molecule has 0 bridgehead atoms. The van der Waals surface area contributed by atoms with E-state index in [-0.39, 0.29) is 41.1 Å². The Balaban J connectivity index is 0.00000162. The molecule has 2 rings (SSSR count). The summed E-state index contributed by atoms with van der Waals surface area (Å²) in [5, 5.41) is 9.56. The number of phenols is 1. The van der Waals surface area contributed by atoms with E-state index in [1.165, 1.54) is 12.2 Å². The molecule has 1 aromatic carbocycles. The number of carbonyl (C=O) groups excluding carboxylic acids is 1. The van der Waals surface area contributed by atoms with E-state index in [2.05, 4.69) is 36.9 Å². The number of phenolic OH excluding ortho intramolecular Hbond substituents is 1. The predicted octanol–water partition coefficient (Wildman–Crippen LogP) is 3.30. The van der Waals surface area contributed by atoms with Crippen LogP contribution < -0.4 is 0 Å². The number of allylic oxidation sites excluding steroid dienone is 4. The predicted molar refractivity (Wildman–Crippen MR) is 79.6 cm³/mol. The first-order valence-electron chi connectivity index (χ1n) is 4.73. The molecular formula is C12H7Br2NNaO2. The summed E-state index contributed by atoms with van der Waals surface area (Å²) < 4.78 is 1.12. The van der Waals surface area contributed by atoms with Crippen molar-refractivity contribution in [2.75, 3.05) is 0 Å². The van der Waals surface area contributed by atoms with Gasteiger partial charge in [-0.2, -0.15) is 0 Å². The molecule has 1 aliphatic rings. The van der Waals surface area contributed by atoms with Crippen molar-refractivity contribution in [3.63, 3.8) is 0 Å². The Bertz CT molecular complexity index is 538. The summed E-state index contributed by atoms with van der Waals surface area (Å²) in [6.45, 7) is 0. The molecule has 0 heterocycles. The van der Waals surface area contributed by atoms with Crippen molar-refractivity contribution in [1.82, 2.24) is 0 Å². The summed E-state index contributed by atoms with van der Waals surface area (Å²) in [7, 11) is 0. The number of rotatable bonds is 1. The molecule has 0 atom stereocenters. The van der Waals surface area contributed by atoms with Crippen molar-refractivity contribution in [2.24, 2.45) is 4.99 Å². The Morgan fingerprint density at radius 2 is 1.50 bits per heavy atom. The Hall–Kier alpha value is -0.200. The van der Waals surface area contributed by atoms with Gasteiger partial charge in [0, 0.05) is 29.6 Å². The van der Waals surface area contributed by atoms with E-state index in [1.807, 2.05) is 0 Å². The number of hydrogen-bond acceptors (Lipinski definition) is 3. The van der Waals surface area contributed by atoms with Gasteiger partial charge in [0.15, 0.2) is 5.78 Å². The minimum Gasteiger partial charge on any atom is -0.506 e. The minimum absolute atomic E-state index is 0. The van der Waals surface area contributed by atoms with Gasteiger partial charge in [-0.25, -0.2) is 4.99 Å². The SMILES string of the molecule is O=C1C=CC(=Nc2cc(Br)c(O)c(Br)c2)C=C1.[Na]. The van der Waals surface area contributed by atoms with Gasteiger partial charge >= 0.3 is 0 Å². The van der Waals surface area contributed by atoms with Crippen molar-refractivity contribution in [2.45, 2.75) is 0 Å². The Morgan fingerprint density at radius 1 is 1.00 bits per heavy atom. The first-order chi connectivity index (χ1) is 8.06. The van der Waals surface area contributed by atoms with Crippen LogP contribution in [0.5, 0.6) is 5.75 Å². The second kappa shape index (κ2) is 6.82. The molecule has 0 saturated carbocycles. The van der Waals surface area contributed by atoms with Gasteiger partial charge in [-0.1, -0.05) is 0 Å². The summed E-state index contributed by atoms with van der Waals surface area (Å²) >= 11 is 6.46. The van der Waals surface area contributed by atoms with E-state index in [9.17, 15) is 9.90 Å². The number of aliphatic imine (C=N–C) groups is 1. The van der Waals surface area contributed by atoms with Crippen LogP contribution in [0, 0.1) is 0 Å². The van der Waals surface area contributed by atoms with Crippen LogP contribution >= 0.6 is 31.9 Å². The quantitative estimate of drug-likeness (QED) is 0.601. The first-order valence-corrected chi connectivity index (χ1v) is 6.31. The molecule has 1 radical (unpaired) electrons. The van der Waals surface area contributed by atoms with E-state index >= 15 is 0 Å². The van der Waals surface area contributed by atoms with Crippen molar-refractivity contribution in [1.29, 1.82) is 0 Å². The largest absolute Gasteiger partial charge is 0.506 e. The van der Waals surface area contributed by atoms with Crippen LogP contribution in [0.25, 0.3) is 0 Å². The van der Waals surface area contributed by atoms with Crippen LogP contribution in [-0.2, 0) is 4.79 Å². The zero-order valence-electron chi connectivity index (χ0n) is 9.52.